The van der Waals surface area contributed by atoms with Crippen molar-refractivity contribution in [1.29, 1.82) is 0 Å². The molecular formula is C10H16F6N2. The van der Waals surface area contributed by atoms with Crippen LogP contribution in [0.1, 0.15) is 12.8 Å². The van der Waals surface area contributed by atoms with Crippen LogP contribution in [0, 0.1) is 5.92 Å². The van der Waals surface area contributed by atoms with Gasteiger partial charge in [-0.3, -0.25) is 0 Å². The van der Waals surface area contributed by atoms with Crippen molar-refractivity contribution in [3.05, 3.63) is 0 Å². The summed E-state index contributed by atoms with van der Waals surface area (Å²) in [5.74, 6) is -1.51. The minimum atomic E-state index is -4.31. The van der Waals surface area contributed by atoms with Crippen LogP contribution < -0.4 is 5.32 Å². The Morgan fingerprint density at radius 3 is 2.33 bits per heavy atom. The Balaban J connectivity index is 2.40. The lowest BCUT2D eigenvalue weighted by molar-refractivity contribution is -0.176. The molecule has 0 radical (unpaired) electrons. The van der Waals surface area contributed by atoms with Crippen molar-refractivity contribution in [3.63, 3.8) is 0 Å². The summed E-state index contributed by atoms with van der Waals surface area (Å²) in [5.41, 5.74) is 0. The average molecular weight is 278 g/mol. The molecule has 0 aromatic rings. The summed E-state index contributed by atoms with van der Waals surface area (Å²) in [6, 6.07) is 0. The van der Waals surface area contributed by atoms with Gasteiger partial charge in [0.15, 0.2) is 0 Å². The highest BCUT2D eigenvalue weighted by molar-refractivity contribution is 4.78. The number of alkyl halides is 6. The number of nitrogens with zero attached hydrogens (tertiary/aromatic N) is 1. The molecule has 0 spiro atoms. The topological polar surface area (TPSA) is 15.3 Å². The summed E-state index contributed by atoms with van der Waals surface area (Å²) in [7, 11) is 0. The van der Waals surface area contributed by atoms with E-state index in [0.29, 0.717) is 13.1 Å². The van der Waals surface area contributed by atoms with Gasteiger partial charge >= 0.3 is 12.4 Å². The number of hydrogen-bond donors (Lipinski definition) is 1. The Labute approximate surface area is 101 Å². The van der Waals surface area contributed by atoms with Crippen molar-refractivity contribution >= 4 is 0 Å². The third-order valence-electron chi connectivity index (χ3n) is 2.87. The molecule has 1 unspecified atom stereocenters. The first-order chi connectivity index (χ1) is 8.18. The number of hydrogen-bond acceptors (Lipinski definition) is 2. The van der Waals surface area contributed by atoms with Crippen molar-refractivity contribution in [2.45, 2.75) is 25.2 Å². The molecule has 18 heavy (non-hydrogen) atoms. The fourth-order valence-corrected chi connectivity index (χ4v) is 1.91. The molecule has 1 N–H and O–H groups in total. The van der Waals surface area contributed by atoms with Gasteiger partial charge in [0.25, 0.3) is 0 Å². The van der Waals surface area contributed by atoms with Gasteiger partial charge < -0.3 is 10.2 Å². The SMILES string of the molecule is FC(F)(F)CCCN1CCNCC(C(F)(F)F)C1. The summed E-state index contributed by atoms with van der Waals surface area (Å²) in [6.07, 6.45) is -9.66. The van der Waals surface area contributed by atoms with Gasteiger partial charge in [-0.1, -0.05) is 0 Å². The summed E-state index contributed by atoms with van der Waals surface area (Å²) in [4.78, 5) is 1.45. The molecular weight excluding hydrogens is 262 g/mol. The Hall–Kier alpha value is -0.500. The van der Waals surface area contributed by atoms with Crippen LogP contribution in [0.4, 0.5) is 26.3 Å². The van der Waals surface area contributed by atoms with Crippen molar-refractivity contribution in [2.24, 2.45) is 5.92 Å². The fourth-order valence-electron chi connectivity index (χ4n) is 1.91. The van der Waals surface area contributed by atoms with E-state index in [4.69, 9.17) is 0 Å². The molecule has 0 aromatic heterocycles. The minimum Gasteiger partial charge on any atom is -0.315 e. The predicted octanol–water partition coefficient (Wildman–Crippen LogP) is 2.41. The van der Waals surface area contributed by atoms with Crippen molar-refractivity contribution in [3.8, 4) is 0 Å². The van der Waals surface area contributed by atoms with E-state index in [2.05, 4.69) is 5.32 Å². The largest absolute Gasteiger partial charge is 0.394 e. The van der Waals surface area contributed by atoms with E-state index >= 15 is 0 Å². The minimum absolute atomic E-state index is 0.0494. The maximum absolute atomic E-state index is 12.6. The molecule has 0 saturated carbocycles. The van der Waals surface area contributed by atoms with E-state index in [0.717, 1.165) is 0 Å². The van der Waals surface area contributed by atoms with Crippen LogP contribution in [-0.4, -0.2) is 50.0 Å². The first-order valence-corrected chi connectivity index (χ1v) is 5.75. The highest BCUT2D eigenvalue weighted by Gasteiger charge is 2.41. The summed E-state index contributed by atoms with van der Waals surface area (Å²) in [6.45, 7) is 0.379. The molecule has 2 nitrogen and oxygen atoms in total. The lowest BCUT2D eigenvalue weighted by Crippen LogP contribution is -2.38. The Morgan fingerprint density at radius 1 is 1.11 bits per heavy atom. The van der Waals surface area contributed by atoms with E-state index in [9.17, 15) is 26.3 Å². The van der Waals surface area contributed by atoms with Crippen LogP contribution in [0.5, 0.6) is 0 Å². The molecule has 0 amide bonds. The normalized spacial score (nSPS) is 24.0. The number of rotatable bonds is 3. The lowest BCUT2D eigenvalue weighted by Gasteiger charge is -2.25. The third-order valence-corrected chi connectivity index (χ3v) is 2.87. The van der Waals surface area contributed by atoms with Crippen LogP contribution in [0.3, 0.4) is 0 Å². The van der Waals surface area contributed by atoms with Gasteiger partial charge in [0.1, 0.15) is 0 Å². The monoisotopic (exact) mass is 278 g/mol. The molecule has 0 aliphatic carbocycles. The quantitative estimate of drug-likeness (QED) is 0.798. The van der Waals surface area contributed by atoms with Crippen LogP contribution in [-0.2, 0) is 0 Å². The van der Waals surface area contributed by atoms with Crippen LogP contribution in [0.15, 0.2) is 0 Å². The van der Waals surface area contributed by atoms with Gasteiger partial charge in [-0.15, -0.1) is 0 Å². The third kappa shape index (κ3) is 5.90. The van der Waals surface area contributed by atoms with Gasteiger partial charge in [-0.2, -0.15) is 26.3 Å². The summed E-state index contributed by atoms with van der Waals surface area (Å²) in [5, 5.41) is 2.66. The fraction of sp³-hybridized carbons (Fsp3) is 1.00. The molecule has 108 valence electrons. The first-order valence-electron chi connectivity index (χ1n) is 5.75. The van der Waals surface area contributed by atoms with E-state index in [1.165, 1.54) is 4.90 Å². The molecule has 0 aromatic carbocycles. The average Bonchev–Trinajstić information content (AvgIpc) is 2.40. The highest BCUT2D eigenvalue weighted by atomic mass is 19.4. The number of nitrogens with one attached hydrogen (secondary N) is 1. The maximum atomic E-state index is 12.6. The Bertz CT molecular complexity index is 250. The van der Waals surface area contributed by atoms with Gasteiger partial charge in [0.2, 0.25) is 0 Å². The first kappa shape index (κ1) is 15.6. The number of halogens is 6. The lowest BCUT2D eigenvalue weighted by atomic mass is 10.1. The zero-order valence-electron chi connectivity index (χ0n) is 9.74. The van der Waals surface area contributed by atoms with Gasteiger partial charge in [-0.05, 0) is 13.0 Å². The molecule has 1 aliphatic rings. The second-order valence-corrected chi connectivity index (χ2v) is 4.46. The molecule has 1 atom stereocenters. The summed E-state index contributed by atoms with van der Waals surface area (Å²) >= 11 is 0. The standard InChI is InChI=1S/C10H16F6N2/c11-9(12,13)2-1-4-18-5-3-17-6-8(7-18)10(14,15)16/h8,17H,1-7H2. The second kappa shape index (κ2) is 6.10. The van der Waals surface area contributed by atoms with Gasteiger partial charge in [-0.25, -0.2) is 0 Å². The Morgan fingerprint density at radius 2 is 1.78 bits per heavy atom. The molecule has 1 heterocycles. The van der Waals surface area contributed by atoms with Crippen molar-refractivity contribution in [2.75, 3.05) is 32.7 Å². The highest BCUT2D eigenvalue weighted by Crippen LogP contribution is 2.28. The van der Waals surface area contributed by atoms with Gasteiger partial charge in [0.05, 0.1) is 5.92 Å². The van der Waals surface area contributed by atoms with E-state index in [-0.39, 0.29) is 26.1 Å². The summed E-state index contributed by atoms with van der Waals surface area (Å²) < 4.78 is 73.5. The smallest absolute Gasteiger partial charge is 0.315 e. The van der Waals surface area contributed by atoms with Crippen LogP contribution in [0.2, 0.25) is 0 Å². The van der Waals surface area contributed by atoms with Crippen LogP contribution in [0.25, 0.3) is 0 Å². The molecule has 1 rings (SSSR count). The van der Waals surface area contributed by atoms with Crippen molar-refractivity contribution < 1.29 is 26.3 Å². The van der Waals surface area contributed by atoms with Crippen molar-refractivity contribution in [1.82, 2.24) is 10.2 Å². The molecule has 0 bridgehead atoms. The molecule has 1 saturated heterocycles. The second-order valence-electron chi connectivity index (χ2n) is 4.46. The van der Waals surface area contributed by atoms with E-state index < -0.39 is 24.7 Å². The molecule has 8 heteroatoms. The zero-order chi connectivity index (χ0) is 13.8. The van der Waals surface area contributed by atoms with Gasteiger partial charge in [0, 0.05) is 32.6 Å². The maximum Gasteiger partial charge on any atom is 0.394 e. The molecule has 1 fully saturated rings. The van der Waals surface area contributed by atoms with E-state index in [1.807, 2.05) is 0 Å². The zero-order valence-corrected chi connectivity index (χ0v) is 9.74. The molecule has 1 aliphatic heterocycles. The van der Waals surface area contributed by atoms with E-state index in [1.54, 1.807) is 0 Å². The predicted molar refractivity (Wildman–Crippen MR) is 54.1 cm³/mol. The Kier molecular flexibility index (Phi) is 5.27. The van der Waals surface area contributed by atoms with Crippen LogP contribution >= 0.6 is 0 Å².